The number of carbonyl (C=O) groups excluding carboxylic acids is 1. The van der Waals surface area contributed by atoms with Gasteiger partial charge in [0, 0.05) is 12.2 Å². The van der Waals surface area contributed by atoms with Crippen LogP contribution in [0.3, 0.4) is 0 Å². The number of rotatable bonds is 6. The van der Waals surface area contributed by atoms with E-state index in [-0.39, 0.29) is 6.03 Å². The lowest BCUT2D eigenvalue weighted by Gasteiger charge is -2.09. The predicted octanol–water partition coefficient (Wildman–Crippen LogP) is 4.35. The number of nitrogens with zero attached hydrogens (tertiary/aromatic N) is 1. The van der Waals surface area contributed by atoms with Gasteiger partial charge in [0.25, 0.3) is 0 Å². The first-order valence-electron chi connectivity index (χ1n) is 8.19. The molecule has 0 fully saturated rings. The van der Waals surface area contributed by atoms with Crippen molar-refractivity contribution < 1.29 is 9.53 Å². The Morgan fingerprint density at radius 3 is 2.31 bits per heavy atom. The molecule has 3 aromatic rings. The zero-order chi connectivity index (χ0) is 18.2. The number of hydrogen-bond donors (Lipinski definition) is 3. The smallest absolute Gasteiger partial charge is 0.323 e. The quantitative estimate of drug-likeness (QED) is 0.619. The highest BCUT2D eigenvalue weighted by atomic mass is 16.5. The SMILES string of the molecule is COc1ccc(CNc2ccc(NC(=O)Nc3ccccc3)cn2)cc1. The fourth-order valence-electron chi connectivity index (χ4n) is 2.32. The van der Waals surface area contributed by atoms with Crippen molar-refractivity contribution in [1.29, 1.82) is 0 Å². The summed E-state index contributed by atoms with van der Waals surface area (Å²) in [5.41, 5.74) is 2.47. The summed E-state index contributed by atoms with van der Waals surface area (Å²) in [5.74, 6) is 1.56. The van der Waals surface area contributed by atoms with Crippen LogP contribution in [-0.4, -0.2) is 18.1 Å². The average molecular weight is 348 g/mol. The lowest BCUT2D eigenvalue weighted by atomic mass is 10.2. The molecule has 0 unspecified atom stereocenters. The van der Waals surface area contributed by atoms with Crippen LogP contribution in [-0.2, 0) is 6.54 Å². The Balaban J connectivity index is 1.50. The molecule has 0 radical (unpaired) electrons. The van der Waals surface area contributed by atoms with Gasteiger partial charge in [-0.3, -0.25) is 0 Å². The van der Waals surface area contributed by atoms with E-state index < -0.39 is 0 Å². The van der Waals surface area contributed by atoms with Crippen LogP contribution in [0.4, 0.5) is 22.0 Å². The standard InChI is InChI=1S/C20H20N4O2/c1-26-18-10-7-15(8-11-18)13-21-19-12-9-17(14-22-19)24-20(25)23-16-5-3-2-4-6-16/h2-12,14H,13H2,1H3,(H,21,22)(H2,23,24,25). The number of para-hydroxylation sites is 1. The first kappa shape index (κ1) is 17.3. The number of hydrogen-bond acceptors (Lipinski definition) is 4. The van der Waals surface area contributed by atoms with E-state index in [2.05, 4.69) is 20.9 Å². The number of methoxy groups -OCH3 is 1. The van der Waals surface area contributed by atoms with E-state index in [9.17, 15) is 4.79 Å². The van der Waals surface area contributed by atoms with E-state index in [1.807, 2.05) is 60.7 Å². The third kappa shape index (κ3) is 4.98. The Morgan fingerprint density at radius 2 is 1.65 bits per heavy atom. The van der Waals surface area contributed by atoms with Crippen LogP contribution in [0.2, 0.25) is 0 Å². The van der Waals surface area contributed by atoms with Gasteiger partial charge in [0.1, 0.15) is 11.6 Å². The molecule has 1 aromatic heterocycles. The molecule has 6 heteroatoms. The number of amides is 2. The number of urea groups is 1. The summed E-state index contributed by atoms with van der Waals surface area (Å²) in [7, 11) is 1.65. The molecule has 2 amide bonds. The first-order chi connectivity index (χ1) is 12.7. The summed E-state index contributed by atoms with van der Waals surface area (Å²) >= 11 is 0. The van der Waals surface area contributed by atoms with Gasteiger partial charge in [-0.15, -0.1) is 0 Å². The summed E-state index contributed by atoms with van der Waals surface area (Å²) in [5, 5.41) is 8.75. The maximum atomic E-state index is 12.0. The van der Waals surface area contributed by atoms with Crippen molar-refractivity contribution >= 4 is 23.2 Å². The zero-order valence-corrected chi connectivity index (χ0v) is 14.4. The van der Waals surface area contributed by atoms with Gasteiger partial charge in [-0.1, -0.05) is 30.3 Å². The predicted molar refractivity (Wildman–Crippen MR) is 104 cm³/mol. The lowest BCUT2D eigenvalue weighted by molar-refractivity contribution is 0.262. The summed E-state index contributed by atoms with van der Waals surface area (Å²) in [6, 6.07) is 20.4. The van der Waals surface area contributed by atoms with E-state index in [0.29, 0.717) is 12.2 Å². The number of carbonyl (C=O) groups is 1. The van der Waals surface area contributed by atoms with Crippen molar-refractivity contribution in [3.05, 3.63) is 78.5 Å². The molecule has 6 nitrogen and oxygen atoms in total. The second-order valence-corrected chi connectivity index (χ2v) is 5.58. The van der Waals surface area contributed by atoms with Crippen molar-refractivity contribution in [2.24, 2.45) is 0 Å². The number of nitrogens with one attached hydrogen (secondary N) is 3. The van der Waals surface area contributed by atoms with Crippen LogP contribution < -0.4 is 20.7 Å². The maximum absolute atomic E-state index is 12.0. The molecule has 132 valence electrons. The van der Waals surface area contributed by atoms with E-state index in [4.69, 9.17) is 4.74 Å². The van der Waals surface area contributed by atoms with Crippen molar-refractivity contribution in [1.82, 2.24) is 4.98 Å². The summed E-state index contributed by atoms with van der Waals surface area (Å²) in [6.45, 7) is 0.651. The molecule has 0 spiro atoms. The van der Waals surface area contributed by atoms with Gasteiger partial charge in [-0.25, -0.2) is 9.78 Å². The molecule has 0 bridgehead atoms. The molecular formula is C20H20N4O2. The monoisotopic (exact) mass is 348 g/mol. The van der Waals surface area contributed by atoms with Crippen molar-refractivity contribution in [3.8, 4) is 5.75 Å². The van der Waals surface area contributed by atoms with Gasteiger partial charge in [0.05, 0.1) is 19.0 Å². The van der Waals surface area contributed by atoms with E-state index in [1.165, 1.54) is 0 Å². The van der Waals surface area contributed by atoms with Gasteiger partial charge >= 0.3 is 6.03 Å². The van der Waals surface area contributed by atoms with Crippen LogP contribution in [0.25, 0.3) is 0 Å². The third-order valence-electron chi connectivity index (χ3n) is 3.69. The highest BCUT2D eigenvalue weighted by Gasteiger charge is 2.03. The molecule has 0 aliphatic rings. The average Bonchev–Trinajstić information content (AvgIpc) is 2.68. The summed E-state index contributed by atoms with van der Waals surface area (Å²) in [4.78, 5) is 16.3. The molecule has 3 rings (SSSR count). The fourth-order valence-corrected chi connectivity index (χ4v) is 2.32. The number of benzene rings is 2. The molecular weight excluding hydrogens is 328 g/mol. The van der Waals surface area contributed by atoms with Crippen LogP contribution in [0, 0.1) is 0 Å². The molecule has 0 aliphatic heterocycles. The first-order valence-corrected chi connectivity index (χ1v) is 8.19. The normalized spacial score (nSPS) is 10.0. The zero-order valence-electron chi connectivity index (χ0n) is 14.4. The fraction of sp³-hybridized carbons (Fsp3) is 0.100. The molecule has 0 saturated carbocycles. The van der Waals surface area contributed by atoms with Crippen molar-refractivity contribution in [2.75, 3.05) is 23.1 Å². The van der Waals surface area contributed by atoms with Crippen LogP contribution in [0.1, 0.15) is 5.56 Å². The second-order valence-electron chi connectivity index (χ2n) is 5.58. The summed E-state index contributed by atoms with van der Waals surface area (Å²) in [6.07, 6.45) is 1.61. The van der Waals surface area contributed by atoms with Crippen molar-refractivity contribution in [3.63, 3.8) is 0 Å². The van der Waals surface area contributed by atoms with Gasteiger partial charge in [-0.05, 0) is 42.0 Å². The molecule has 0 atom stereocenters. The molecule has 2 aromatic carbocycles. The minimum Gasteiger partial charge on any atom is -0.497 e. The highest BCUT2D eigenvalue weighted by molar-refractivity contribution is 5.99. The number of pyridine rings is 1. The van der Waals surface area contributed by atoms with Gasteiger partial charge in [0.2, 0.25) is 0 Å². The van der Waals surface area contributed by atoms with Crippen LogP contribution >= 0.6 is 0 Å². The minimum atomic E-state index is -0.308. The van der Waals surface area contributed by atoms with E-state index in [1.54, 1.807) is 19.4 Å². The molecule has 26 heavy (non-hydrogen) atoms. The molecule has 3 N–H and O–H groups in total. The second kappa shape index (κ2) is 8.53. The largest absolute Gasteiger partial charge is 0.497 e. The Morgan fingerprint density at radius 1 is 0.923 bits per heavy atom. The van der Waals surface area contributed by atoms with Gasteiger partial charge < -0.3 is 20.7 Å². The van der Waals surface area contributed by atoms with Crippen LogP contribution in [0.5, 0.6) is 5.75 Å². The third-order valence-corrected chi connectivity index (χ3v) is 3.69. The Kier molecular flexibility index (Phi) is 5.67. The summed E-state index contributed by atoms with van der Waals surface area (Å²) < 4.78 is 5.14. The van der Waals surface area contributed by atoms with Gasteiger partial charge in [-0.2, -0.15) is 0 Å². The van der Waals surface area contributed by atoms with Gasteiger partial charge in [0.15, 0.2) is 0 Å². The Labute approximate surface area is 152 Å². The molecule has 0 aliphatic carbocycles. The highest BCUT2D eigenvalue weighted by Crippen LogP contribution is 2.14. The lowest BCUT2D eigenvalue weighted by Crippen LogP contribution is -2.19. The van der Waals surface area contributed by atoms with Crippen molar-refractivity contribution in [2.45, 2.75) is 6.54 Å². The number of ether oxygens (including phenoxy) is 1. The Hall–Kier alpha value is -3.54. The van der Waals surface area contributed by atoms with Crippen LogP contribution in [0.15, 0.2) is 72.9 Å². The molecule has 1 heterocycles. The minimum absolute atomic E-state index is 0.308. The van der Waals surface area contributed by atoms with E-state index in [0.717, 1.165) is 22.8 Å². The number of aromatic nitrogens is 1. The Bertz CT molecular complexity index is 834. The number of anilines is 3. The topological polar surface area (TPSA) is 75.3 Å². The molecule has 0 saturated heterocycles. The maximum Gasteiger partial charge on any atom is 0.323 e. The van der Waals surface area contributed by atoms with E-state index >= 15 is 0 Å².